The topological polar surface area (TPSA) is 121 Å². The second kappa shape index (κ2) is 7.27. The van der Waals surface area contributed by atoms with E-state index in [9.17, 15) is 9.90 Å². The maximum atomic E-state index is 11.7. The average molecular weight is 347 g/mol. The van der Waals surface area contributed by atoms with Gasteiger partial charge in [-0.15, -0.1) is 0 Å². The fourth-order valence-electron chi connectivity index (χ4n) is 2.26. The second-order valence-electron chi connectivity index (χ2n) is 5.11. The van der Waals surface area contributed by atoms with Gasteiger partial charge in [-0.05, 0) is 24.3 Å². The van der Waals surface area contributed by atoms with Crippen molar-refractivity contribution in [3.05, 3.63) is 59.9 Å². The first kappa shape index (κ1) is 16.9. The molecule has 0 saturated carbocycles. The van der Waals surface area contributed by atoms with E-state index in [2.05, 4.69) is 20.3 Å². The molecule has 0 spiro atoms. The van der Waals surface area contributed by atoms with Crippen LogP contribution in [-0.2, 0) is 0 Å². The average Bonchev–Trinajstić information content (AvgIpc) is 2.68. The fraction of sp³-hybridized carbons (Fsp3) is 0.0556. The molecule has 0 aliphatic heterocycles. The highest BCUT2D eigenvalue weighted by atomic mass is 16.5. The van der Waals surface area contributed by atoms with Crippen LogP contribution < -0.4 is 10.1 Å². The molecular weight excluding hydrogens is 334 g/mol. The Labute approximate surface area is 148 Å². The number of hydrogen-bond acceptors (Lipinski definition) is 7. The van der Waals surface area contributed by atoms with Crippen LogP contribution in [0.3, 0.4) is 0 Å². The number of carboxylic acids is 1. The lowest BCUT2D eigenvalue weighted by molar-refractivity contribution is 0.0694. The highest BCUT2D eigenvalue weighted by Gasteiger charge is 2.22. The van der Waals surface area contributed by atoms with Gasteiger partial charge in [-0.25, -0.2) is 9.78 Å². The Morgan fingerprint density at radius 2 is 2.12 bits per heavy atom. The molecule has 0 atom stereocenters. The number of ether oxygens (including phenoxy) is 1. The van der Waals surface area contributed by atoms with Crippen LogP contribution in [0.25, 0.3) is 11.4 Å². The Balaban J connectivity index is 2.16. The number of benzene rings is 1. The largest absolute Gasteiger partial charge is 0.477 e. The number of nitrogens with one attached hydrogen (secondary N) is 1. The molecular formula is C18H13N5O3. The van der Waals surface area contributed by atoms with Crippen LogP contribution in [-0.4, -0.2) is 33.1 Å². The van der Waals surface area contributed by atoms with Crippen LogP contribution in [0, 0.1) is 11.3 Å². The number of pyridine rings is 1. The highest BCUT2D eigenvalue weighted by molar-refractivity contribution is 5.96. The molecule has 0 unspecified atom stereocenters. The molecule has 0 fully saturated rings. The van der Waals surface area contributed by atoms with Crippen molar-refractivity contribution < 1.29 is 14.6 Å². The summed E-state index contributed by atoms with van der Waals surface area (Å²) in [6.07, 6.45) is 3.02. The Kier molecular flexibility index (Phi) is 4.71. The molecule has 3 aromatic rings. The van der Waals surface area contributed by atoms with Gasteiger partial charge in [0.1, 0.15) is 11.6 Å². The zero-order valence-corrected chi connectivity index (χ0v) is 13.7. The lowest BCUT2D eigenvalue weighted by Gasteiger charge is -2.13. The van der Waals surface area contributed by atoms with E-state index in [0.717, 1.165) is 0 Å². The summed E-state index contributed by atoms with van der Waals surface area (Å²) >= 11 is 0. The van der Waals surface area contributed by atoms with Crippen molar-refractivity contribution in [2.45, 2.75) is 0 Å². The SMILES string of the molecule is CNc1nc(-c2cccc(C#N)c2)nc(Oc2cccnc2)c1C(=O)O. The van der Waals surface area contributed by atoms with Crippen molar-refractivity contribution in [1.82, 2.24) is 15.0 Å². The van der Waals surface area contributed by atoms with E-state index in [1.807, 2.05) is 6.07 Å². The maximum absolute atomic E-state index is 11.7. The lowest BCUT2D eigenvalue weighted by Crippen LogP contribution is -2.10. The van der Waals surface area contributed by atoms with Crippen LogP contribution in [0.15, 0.2) is 48.8 Å². The van der Waals surface area contributed by atoms with Gasteiger partial charge in [-0.2, -0.15) is 10.2 Å². The summed E-state index contributed by atoms with van der Waals surface area (Å²) in [5, 5.41) is 21.4. The van der Waals surface area contributed by atoms with E-state index in [1.165, 1.54) is 6.20 Å². The first-order chi connectivity index (χ1) is 12.6. The van der Waals surface area contributed by atoms with E-state index < -0.39 is 5.97 Å². The van der Waals surface area contributed by atoms with Gasteiger partial charge in [-0.3, -0.25) is 4.98 Å². The number of carbonyl (C=O) groups is 1. The molecule has 26 heavy (non-hydrogen) atoms. The number of anilines is 1. The van der Waals surface area contributed by atoms with E-state index in [4.69, 9.17) is 10.00 Å². The molecule has 0 aliphatic rings. The summed E-state index contributed by atoms with van der Waals surface area (Å²) in [4.78, 5) is 24.1. The standard InChI is InChI=1S/C18H13N5O3/c1-20-16-14(18(24)25)17(26-13-6-3-7-21-10-13)23-15(22-16)12-5-2-4-11(8-12)9-19/h2-8,10H,1H3,(H,24,25)(H,20,22,23). The van der Waals surface area contributed by atoms with Gasteiger partial charge in [-0.1, -0.05) is 12.1 Å². The van der Waals surface area contributed by atoms with Crippen LogP contribution in [0.1, 0.15) is 15.9 Å². The summed E-state index contributed by atoms with van der Waals surface area (Å²) in [6, 6.07) is 12.0. The van der Waals surface area contributed by atoms with Crippen LogP contribution in [0.5, 0.6) is 11.6 Å². The summed E-state index contributed by atoms with van der Waals surface area (Å²) < 4.78 is 5.63. The number of aromatic carboxylic acids is 1. The van der Waals surface area contributed by atoms with Crippen molar-refractivity contribution in [3.63, 3.8) is 0 Å². The molecule has 128 valence electrons. The predicted octanol–water partition coefficient (Wildman–Crippen LogP) is 2.94. The molecule has 0 aliphatic carbocycles. The van der Waals surface area contributed by atoms with Gasteiger partial charge in [0.05, 0.1) is 17.8 Å². The number of rotatable bonds is 5. The smallest absolute Gasteiger partial charge is 0.345 e. The summed E-state index contributed by atoms with van der Waals surface area (Å²) in [6.45, 7) is 0. The van der Waals surface area contributed by atoms with E-state index in [-0.39, 0.29) is 23.1 Å². The van der Waals surface area contributed by atoms with Crippen molar-refractivity contribution in [2.24, 2.45) is 0 Å². The highest BCUT2D eigenvalue weighted by Crippen LogP contribution is 2.30. The summed E-state index contributed by atoms with van der Waals surface area (Å²) in [7, 11) is 1.55. The fourth-order valence-corrected chi connectivity index (χ4v) is 2.26. The van der Waals surface area contributed by atoms with Crippen molar-refractivity contribution >= 4 is 11.8 Å². The predicted molar refractivity (Wildman–Crippen MR) is 93.0 cm³/mol. The monoisotopic (exact) mass is 347 g/mol. The number of hydrogen-bond donors (Lipinski definition) is 2. The summed E-state index contributed by atoms with van der Waals surface area (Å²) in [5.74, 6) is -0.681. The molecule has 0 saturated heterocycles. The molecule has 3 rings (SSSR count). The lowest BCUT2D eigenvalue weighted by atomic mass is 10.1. The molecule has 2 aromatic heterocycles. The van der Waals surface area contributed by atoms with E-state index in [0.29, 0.717) is 16.9 Å². The number of aromatic nitrogens is 3. The summed E-state index contributed by atoms with van der Waals surface area (Å²) in [5.41, 5.74) is 0.805. The van der Waals surface area contributed by atoms with E-state index in [1.54, 1.807) is 49.6 Å². The van der Waals surface area contributed by atoms with Gasteiger partial charge in [0.25, 0.3) is 0 Å². The molecule has 8 heteroatoms. The quantitative estimate of drug-likeness (QED) is 0.722. The van der Waals surface area contributed by atoms with Gasteiger partial charge in [0.15, 0.2) is 11.4 Å². The third-order valence-corrected chi connectivity index (χ3v) is 3.43. The zero-order chi connectivity index (χ0) is 18.5. The molecule has 0 amide bonds. The third-order valence-electron chi connectivity index (χ3n) is 3.43. The Hall–Kier alpha value is -3.99. The Bertz CT molecular complexity index is 999. The second-order valence-corrected chi connectivity index (χ2v) is 5.11. The molecule has 0 bridgehead atoms. The van der Waals surface area contributed by atoms with Gasteiger partial charge < -0.3 is 15.2 Å². The minimum absolute atomic E-state index is 0.101. The molecule has 8 nitrogen and oxygen atoms in total. The third kappa shape index (κ3) is 3.42. The molecule has 2 N–H and O–H groups in total. The van der Waals surface area contributed by atoms with Crippen molar-refractivity contribution in [2.75, 3.05) is 12.4 Å². The zero-order valence-electron chi connectivity index (χ0n) is 13.7. The van der Waals surface area contributed by atoms with Crippen molar-refractivity contribution in [1.29, 1.82) is 5.26 Å². The Morgan fingerprint density at radius 3 is 2.77 bits per heavy atom. The van der Waals surface area contributed by atoms with Gasteiger partial charge in [0, 0.05) is 18.8 Å². The number of nitriles is 1. The minimum atomic E-state index is -1.23. The van der Waals surface area contributed by atoms with Gasteiger partial charge in [0.2, 0.25) is 5.88 Å². The molecule has 2 heterocycles. The molecule has 1 aromatic carbocycles. The normalized spacial score (nSPS) is 10.0. The maximum Gasteiger partial charge on any atom is 0.345 e. The van der Waals surface area contributed by atoms with Crippen molar-refractivity contribution in [3.8, 4) is 29.1 Å². The Morgan fingerprint density at radius 1 is 1.27 bits per heavy atom. The van der Waals surface area contributed by atoms with Crippen LogP contribution in [0.4, 0.5) is 5.82 Å². The minimum Gasteiger partial charge on any atom is -0.477 e. The molecule has 0 radical (unpaired) electrons. The first-order valence-electron chi connectivity index (χ1n) is 7.54. The number of nitrogens with zero attached hydrogens (tertiary/aromatic N) is 4. The van der Waals surface area contributed by atoms with Crippen LogP contribution in [0.2, 0.25) is 0 Å². The number of carboxylic acid groups (broad SMARTS) is 1. The van der Waals surface area contributed by atoms with Gasteiger partial charge >= 0.3 is 5.97 Å². The first-order valence-corrected chi connectivity index (χ1v) is 7.54. The van der Waals surface area contributed by atoms with Crippen LogP contribution >= 0.6 is 0 Å². The van der Waals surface area contributed by atoms with E-state index >= 15 is 0 Å².